The van der Waals surface area contributed by atoms with Gasteiger partial charge in [-0.3, -0.25) is 0 Å². The van der Waals surface area contributed by atoms with E-state index in [1.54, 1.807) is 0 Å². The summed E-state index contributed by atoms with van der Waals surface area (Å²) in [5.74, 6) is 0.651. The summed E-state index contributed by atoms with van der Waals surface area (Å²) in [7, 11) is 0. The third-order valence-corrected chi connectivity index (χ3v) is 3.06. The molecule has 1 heterocycles. The molecule has 1 N–H and O–H groups in total. The number of nitrogens with zero attached hydrogens (tertiary/aromatic N) is 2. The summed E-state index contributed by atoms with van der Waals surface area (Å²) in [6, 6.07) is 12.4. The van der Waals surface area contributed by atoms with E-state index in [9.17, 15) is 0 Å². The van der Waals surface area contributed by atoms with Gasteiger partial charge in [0.25, 0.3) is 0 Å². The monoisotopic (exact) mass is 215 g/mol. The highest BCUT2D eigenvalue weighted by atomic mass is 15.5. The number of rotatable bonds is 2. The SMILES string of the molecule is C[C@H]1CCN(Nc2ccccc2)[C@H](C#N)C1. The smallest absolute Gasteiger partial charge is 0.116 e. The highest BCUT2D eigenvalue weighted by Crippen LogP contribution is 2.22. The largest absolute Gasteiger partial charge is 0.318 e. The van der Waals surface area contributed by atoms with Crippen molar-refractivity contribution in [1.29, 1.82) is 5.26 Å². The van der Waals surface area contributed by atoms with Crippen LogP contribution in [0.1, 0.15) is 19.8 Å². The van der Waals surface area contributed by atoms with Gasteiger partial charge in [-0.2, -0.15) is 5.26 Å². The van der Waals surface area contributed by atoms with E-state index >= 15 is 0 Å². The van der Waals surface area contributed by atoms with E-state index in [1.165, 1.54) is 0 Å². The summed E-state index contributed by atoms with van der Waals surface area (Å²) >= 11 is 0. The van der Waals surface area contributed by atoms with Crippen LogP contribution in [0.25, 0.3) is 0 Å². The topological polar surface area (TPSA) is 39.1 Å². The molecule has 0 saturated carbocycles. The second-order valence-corrected chi connectivity index (χ2v) is 4.45. The standard InChI is InChI=1S/C13H17N3/c1-11-7-8-16(13(9-11)10-14)15-12-5-3-2-4-6-12/h2-6,11,13,15H,7-9H2,1H3/t11-,13-/m0/s1. The molecule has 0 amide bonds. The van der Waals surface area contributed by atoms with Crippen molar-refractivity contribution in [3.8, 4) is 6.07 Å². The van der Waals surface area contributed by atoms with Crippen LogP contribution in [-0.2, 0) is 0 Å². The molecule has 1 saturated heterocycles. The molecule has 1 aliphatic rings. The molecular formula is C13H17N3. The molecule has 0 unspecified atom stereocenters. The van der Waals surface area contributed by atoms with Gasteiger partial charge in [-0.15, -0.1) is 0 Å². The maximum Gasteiger partial charge on any atom is 0.116 e. The lowest BCUT2D eigenvalue weighted by Gasteiger charge is -2.35. The van der Waals surface area contributed by atoms with E-state index in [-0.39, 0.29) is 6.04 Å². The Morgan fingerprint density at radius 3 is 2.81 bits per heavy atom. The van der Waals surface area contributed by atoms with Crippen LogP contribution in [0.5, 0.6) is 0 Å². The van der Waals surface area contributed by atoms with Crippen LogP contribution in [0.3, 0.4) is 0 Å². The van der Waals surface area contributed by atoms with Crippen LogP contribution >= 0.6 is 0 Å². The molecule has 0 spiro atoms. The Bertz CT molecular complexity index is 369. The highest BCUT2D eigenvalue weighted by Gasteiger charge is 2.25. The predicted octanol–water partition coefficient (Wildman–Crippen LogP) is 2.64. The molecule has 1 aliphatic heterocycles. The molecule has 0 radical (unpaired) electrons. The van der Waals surface area contributed by atoms with E-state index in [4.69, 9.17) is 5.26 Å². The maximum atomic E-state index is 9.13. The molecule has 3 heteroatoms. The molecule has 16 heavy (non-hydrogen) atoms. The number of nitrogens with one attached hydrogen (secondary N) is 1. The summed E-state index contributed by atoms with van der Waals surface area (Å²) in [5.41, 5.74) is 4.37. The van der Waals surface area contributed by atoms with E-state index in [2.05, 4.69) is 23.4 Å². The summed E-state index contributed by atoms with van der Waals surface area (Å²) in [6.45, 7) is 3.15. The third-order valence-electron chi connectivity index (χ3n) is 3.06. The number of hydrogen-bond donors (Lipinski definition) is 1. The van der Waals surface area contributed by atoms with Gasteiger partial charge in [0.05, 0.1) is 6.07 Å². The Hall–Kier alpha value is -1.53. The zero-order valence-corrected chi connectivity index (χ0v) is 9.56. The normalized spacial score (nSPS) is 26.0. The Kier molecular flexibility index (Phi) is 3.43. The van der Waals surface area contributed by atoms with Gasteiger partial charge in [-0.25, -0.2) is 5.01 Å². The van der Waals surface area contributed by atoms with Crippen molar-refractivity contribution in [1.82, 2.24) is 5.01 Å². The minimum Gasteiger partial charge on any atom is -0.318 e. The maximum absolute atomic E-state index is 9.13. The third kappa shape index (κ3) is 2.53. The summed E-state index contributed by atoms with van der Waals surface area (Å²) in [4.78, 5) is 0. The molecule has 0 aromatic heterocycles. The molecule has 1 fully saturated rings. The zero-order chi connectivity index (χ0) is 11.4. The van der Waals surface area contributed by atoms with Crippen LogP contribution in [0.4, 0.5) is 5.69 Å². The van der Waals surface area contributed by atoms with Crippen molar-refractivity contribution in [2.75, 3.05) is 12.0 Å². The Balaban J connectivity index is 2.02. The van der Waals surface area contributed by atoms with Crippen LogP contribution in [0.15, 0.2) is 30.3 Å². The van der Waals surface area contributed by atoms with Crippen molar-refractivity contribution >= 4 is 5.69 Å². The molecule has 1 aromatic rings. The molecule has 2 atom stereocenters. The first-order valence-electron chi connectivity index (χ1n) is 5.77. The van der Waals surface area contributed by atoms with E-state index in [0.29, 0.717) is 5.92 Å². The van der Waals surface area contributed by atoms with Crippen LogP contribution < -0.4 is 5.43 Å². The molecule has 1 aromatic carbocycles. The fraction of sp³-hybridized carbons (Fsp3) is 0.462. The number of piperidine rings is 1. The lowest BCUT2D eigenvalue weighted by molar-refractivity contribution is 0.183. The number of anilines is 1. The fourth-order valence-electron chi connectivity index (χ4n) is 2.08. The minimum absolute atomic E-state index is 0.0102. The van der Waals surface area contributed by atoms with Crippen LogP contribution in [-0.4, -0.2) is 17.6 Å². The lowest BCUT2D eigenvalue weighted by atomic mass is 9.94. The summed E-state index contributed by atoms with van der Waals surface area (Å²) in [6.07, 6.45) is 2.11. The summed E-state index contributed by atoms with van der Waals surface area (Å²) in [5, 5.41) is 11.2. The second kappa shape index (κ2) is 5.00. The van der Waals surface area contributed by atoms with Gasteiger partial charge in [0, 0.05) is 12.2 Å². The summed E-state index contributed by atoms with van der Waals surface area (Å²) < 4.78 is 0. The van der Waals surface area contributed by atoms with Gasteiger partial charge < -0.3 is 5.43 Å². The van der Waals surface area contributed by atoms with Gasteiger partial charge in [-0.05, 0) is 30.9 Å². The highest BCUT2D eigenvalue weighted by molar-refractivity contribution is 5.41. The van der Waals surface area contributed by atoms with Crippen LogP contribution in [0, 0.1) is 17.2 Å². The first-order valence-corrected chi connectivity index (χ1v) is 5.77. The Morgan fingerprint density at radius 2 is 2.12 bits per heavy atom. The average Bonchev–Trinajstić information content (AvgIpc) is 2.33. The molecule has 2 rings (SSSR count). The van der Waals surface area contributed by atoms with Gasteiger partial charge >= 0.3 is 0 Å². The van der Waals surface area contributed by atoms with Crippen molar-refractivity contribution in [2.24, 2.45) is 5.92 Å². The van der Waals surface area contributed by atoms with E-state index < -0.39 is 0 Å². The lowest BCUT2D eigenvalue weighted by Crippen LogP contribution is -2.44. The van der Waals surface area contributed by atoms with Gasteiger partial charge in [0.2, 0.25) is 0 Å². The molecule has 3 nitrogen and oxygen atoms in total. The minimum atomic E-state index is -0.0102. The average molecular weight is 215 g/mol. The van der Waals surface area contributed by atoms with Gasteiger partial charge in [-0.1, -0.05) is 25.1 Å². The molecule has 84 valence electrons. The predicted molar refractivity (Wildman–Crippen MR) is 64.6 cm³/mol. The number of nitriles is 1. The van der Waals surface area contributed by atoms with Crippen molar-refractivity contribution in [2.45, 2.75) is 25.8 Å². The second-order valence-electron chi connectivity index (χ2n) is 4.45. The van der Waals surface area contributed by atoms with Gasteiger partial charge in [0.15, 0.2) is 0 Å². The van der Waals surface area contributed by atoms with Crippen molar-refractivity contribution < 1.29 is 0 Å². The molecular weight excluding hydrogens is 198 g/mol. The first-order chi connectivity index (χ1) is 7.79. The fourth-order valence-corrected chi connectivity index (χ4v) is 2.08. The quantitative estimate of drug-likeness (QED) is 0.824. The van der Waals surface area contributed by atoms with Crippen molar-refractivity contribution in [3.05, 3.63) is 30.3 Å². The first kappa shape index (κ1) is 11.0. The van der Waals surface area contributed by atoms with Gasteiger partial charge in [0.1, 0.15) is 6.04 Å². The zero-order valence-electron chi connectivity index (χ0n) is 9.56. The van der Waals surface area contributed by atoms with E-state index in [1.807, 2.05) is 30.3 Å². The number of para-hydroxylation sites is 1. The Morgan fingerprint density at radius 1 is 1.38 bits per heavy atom. The van der Waals surface area contributed by atoms with Crippen molar-refractivity contribution in [3.63, 3.8) is 0 Å². The molecule has 0 bridgehead atoms. The molecule has 0 aliphatic carbocycles. The van der Waals surface area contributed by atoms with E-state index in [0.717, 1.165) is 25.1 Å². The Labute approximate surface area is 96.7 Å². The number of hydrazine groups is 1. The number of hydrogen-bond acceptors (Lipinski definition) is 3. The number of benzene rings is 1. The van der Waals surface area contributed by atoms with Crippen LogP contribution in [0.2, 0.25) is 0 Å².